The molecular formula is C20H19F6N5O3. The van der Waals surface area contributed by atoms with Crippen LogP contribution < -0.4 is 5.32 Å². The first-order valence-corrected chi connectivity index (χ1v) is 10.2. The minimum absolute atomic E-state index is 0.106. The van der Waals surface area contributed by atoms with E-state index in [0.29, 0.717) is 17.9 Å². The fraction of sp³-hybridized carbons (Fsp3) is 0.500. The highest BCUT2D eigenvalue weighted by Crippen LogP contribution is 2.59. The number of nitrogens with zero attached hydrogens (tertiary/aromatic N) is 4. The fourth-order valence-corrected chi connectivity index (χ4v) is 4.13. The van der Waals surface area contributed by atoms with Crippen LogP contribution in [0.1, 0.15) is 19.3 Å². The normalized spacial score (nSPS) is 19.9. The molecule has 2 fully saturated rings. The van der Waals surface area contributed by atoms with E-state index in [4.69, 9.17) is 0 Å². The number of aromatic nitrogens is 3. The smallest absolute Gasteiger partial charge is 0.426 e. The SMILES string of the molecule is O=C(Nc1ccc(-n2cccn2)nc1)[C@H]1CC12CCN(C(=O)OC(C(F)(F)F)C(F)(F)F)CC2. The molecule has 1 saturated heterocycles. The topological polar surface area (TPSA) is 89.4 Å². The van der Waals surface area contributed by atoms with Crippen LogP contribution in [-0.4, -0.2) is 63.2 Å². The Kier molecular flexibility index (Phi) is 5.94. The maximum Gasteiger partial charge on any atom is 0.434 e. The Morgan fingerprint density at radius 3 is 2.32 bits per heavy atom. The summed E-state index contributed by atoms with van der Waals surface area (Å²) < 4.78 is 81.0. The number of nitrogens with one attached hydrogen (secondary N) is 1. The number of hydrogen-bond donors (Lipinski definition) is 1. The van der Waals surface area contributed by atoms with Gasteiger partial charge in [0.2, 0.25) is 5.91 Å². The molecule has 0 unspecified atom stereocenters. The zero-order valence-corrected chi connectivity index (χ0v) is 17.4. The van der Waals surface area contributed by atoms with Crippen molar-refractivity contribution in [2.75, 3.05) is 18.4 Å². The van der Waals surface area contributed by atoms with Gasteiger partial charge >= 0.3 is 18.4 Å². The van der Waals surface area contributed by atoms with E-state index in [1.54, 1.807) is 35.3 Å². The third-order valence-corrected chi connectivity index (χ3v) is 6.09. The van der Waals surface area contributed by atoms with Crippen molar-refractivity contribution in [1.82, 2.24) is 19.7 Å². The number of piperidine rings is 1. The van der Waals surface area contributed by atoms with Gasteiger partial charge in [-0.1, -0.05) is 0 Å². The Balaban J connectivity index is 1.29. The van der Waals surface area contributed by atoms with Crippen LogP contribution >= 0.6 is 0 Å². The molecule has 4 rings (SSSR count). The fourth-order valence-electron chi connectivity index (χ4n) is 4.13. The van der Waals surface area contributed by atoms with E-state index in [9.17, 15) is 35.9 Å². The Morgan fingerprint density at radius 1 is 1.12 bits per heavy atom. The molecule has 8 nitrogen and oxygen atoms in total. The van der Waals surface area contributed by atoms with Crippen LogP contribution in [-0.2, 0) is 9.53 Å². The molecule has 0 radical (unpaired) electrons. The number of rotatable bonds is 4. The van der Waals surface area contributed by atoms with Gasteiger partial charge in [-0.05, 0) is 42.9 Å². The molecule has 1 atom stereocenters. The van der Waals surface area contributed by atoms with E-state index in [1.807, 2.05) is 0 Å². The molecule has 2 aliphatic rings. The number of halogens is 6. The maximum absolute atomic E-state index is 12.6. The van der Waals surface area contributed by atoms with Crippen LogP contribution in [0.15, 0.2) is 36.8 Å². The number of carbonyl (C=O) groups is 2. The summed E-state index contributed by atoms with van der Waals surface area (Å²) >= 11 is 0. The Morgan fingerprint density at radius 2 is 1.79 bits per heavy atom. The number of ether oxygens (including phenoxy) is 1. The second-order valence-electron chi connectivity index (χ2n) is 8.30. The van der Waals surface area contributed by atoms with Crippen molar-refractivity contribution in [2.45, 2.75) is 37.7 Å². The van der Waals surface area contributed by atoms with Crippen LogP contribution in [0.2, 0.25) is 0 Å². The molecule has 1 aliphatic carbocycles. The highest BCUT2D eigenvalue weighted by molar-refractivity contribution is 5.95. The van der Waals surface area contributed by atoms with Gasteiger partial charge < -0.3 is 15.0 Å². The first-order chi connectivity index (χ1) is 15.9. The monoisotopic (exact) mass is 491 g/mol. The van der Waals surface area contributed by atoms with Crippen molar-refractivity contribution >= 4 is 17.7 Å². The van der Waals surface area contributed by atoms with Crippen LogP contribution in [0.3, 0.4) is 0 Å². The van der Waals surface area contributed by atoms with Crippen molar-refractivity contribution in [1.29, 1.82) is 0 Å². The van der Waals surface area contributed by atoms with Gasteiger partial charge in [-0.15, -0.1) is 0 Å². The van der Waals surface area contributed by atoms with Gasteiger partial charge in [-0.3, -0.25) is 4.79 Å². The lowest BCUT2D eigenvalue weighted by Gasteiger charge is -2.33. The number of likely N-dealkylation sites (tertiary alicyclic amines) is 1. The highest BCUT2D eigenvalue weighted by atomic mass is 19.4. The molecule has 3 heterocycles. The lowest BCUT2D eigenvalue weighted by Crippen LogP contribution is -2.49. The largest absolute Gasteiger partial charge is 0.434 e. The van der Waals surface area contributed by atoms with Crippen molar-refractivity contribution < 1.29 is 40.7 Å². The number of hydrogen-bond acceptors (Lipinski definition) is 5. The third-order valence-electron chi connectivity index (χ3n) is 6.09. The summed E-state index contributed by atoms with van der Waals surface area (Å²) in [6, 6.07) is 5.07. The van der Waals surface area contributed by atoms with Gasteiger partial charge in [0, 0.05) is 31.4 Å². The average molecular weight is 491 g/mol. The Hall–Kier alpha value is -3.32. The molecule has 1 spiro atoms. The lowest BCUT2D eigenvalue weighted by molar-refractivity contribution is -0.308. The van der Waals surface area contributed by atoms with E-state index in [0.717, 1.165) is 4.90 Å². The van der Waals surface area contributed by atoms with Crippen molar-refractivity contribution in [2.24, 2.45) is 11.3 Å². The zero-order chi connectivity index (χ0) is 24.7. The zero-order valence-electron chi connectivity index (χ0n) is 17.4. The molecule has 2 aromatic rings. The Labute approximate surface area is 188 Å². The van der Waals surface area contributed by atoms with E-state index in [2.05, 4.69) is 20.1 Å². The number of pyridine rings is 1. The molecule has 0 aromatic carbocycles. The van der Waals surface area contributed by atoms with Gasteiger partial charge in [0.25, 0.3) is 6.10 Å². The maximum atomic E-state index is 12.6. The summed E-state index contributed by atoms with van der Waals surface area (Å²) in [4.78, 5) is 29.6. The minimum Gasteiger partial charge on any atom is -0.426 e. The second-order valence-corrected chi connectivity index (χ2v) is 8.30. The molecule has 1 N–H and O–H groups in total. The molecule has 34 heavy (non-hydrogen) atoms. The number of alkyl halides is 6. The number of anilines is 1. The molecular weight excluding hydrogens is 472 g/mol. The van der Waals surface area contributed by atoms with Gasteiger partial charge in [0.1, 0.15) is 0 Å². The second kappa shape index (κ2) is 8.47. The van der Waals surface area contributed by atoms with Crippen LogP contribution in [0.4, 0.5) is 36.8 Å². The molecule has 1 saturated carbocycles. The van der Waals surface area contributed by atoms with Crippen LogP contribution in [0.25, 0.3) is 5.82 Å². The standard InChI is InChI=1S/C20H19F6N5O3/c21-19(22,23)16(20(24,25)26)34-17(33)30-8-4-18(5-9-30)10-13(18)15(32)29-12-2-3-14(27-11-12)31-7-1-6-28-31/h1-3,6-7,11,13,16H,4-5,8-10H2,(H,29,32)/t13-/m1/s1. The molecule has 0 bridgehead atoms. The summed E-state index contributed by atoms with van der Waals surface area (Å²) in [7, 11) is 0. The van der Waals surface area contributed by atoms with Crippen molar-refractivity contribution in [3.8, 4) is 5.82 Å². The predicted octanol–water partition coefficient (Wildman–Crippen LogP) is 3.94. The molecule has 14 heteroatoms. The lowest BCUT2D eigenvalue weighted by atomic mass is 9.91. The number of amides is 2. The molecule has 184 valence electrons. The third kappa shape index (κ3) is 4.94. The van der Waals surface area contributed by atoms with Gasteiger partial charge in [-0.2, -0.15) is 31.4 Å². The minimum atomic E-state index is -5.77. The molecule has 2 amide bonds. The summed E-state index contributed by atoms with van der Waals surface area (Å²) in [6.07, 6.45) is -11.6. The van der Waals surface area contributed by atoms with Gasteiger partial charge in [-0.25, -0.2) is 14.5 Å². The van der Waals surface area contributed by atoms with Crippen LogP contribution in [0, 0.1) is 11.3 Å². The molecule has 1 aliphatic heterocycles. The van der Waals surface area contributed by atoms with E-state index in [1.165, 1.54) is 6.20 Å². The van der Waals surface area contributed by atoms with Gasteiger partial charge in [0.15, 0.2) is 5.82 Å². The highest BCUT2D eigenvalue weighted by Gasteiger charge is 2.61. The first-order valence-electron chi connectivity index (χ1n) is 10.2. The van der Waals surface area contributed by atoms with E-state index in [-0.39, 0.29) is 37.8 Å². The van der Waals surface area contributed by atoms with Gasteiger partial charge in [0.05, 0.1) is 11.9 Å². The summed E-state index contributed by atoms with van der Waals surface area (Å²) in [5.41, 5.74) is 0.0193. The van der Waals surface area contributed by atoms with E-state index >= 15 is 0 Å². The summed E-state index contributed by atoms with van der Waals surface area (Å²) in [5, 5.41) is 6.80. The van der Waals surface area contributed by atoms with Crippen molar-refractivity contribution in [3.63, 3.8) is 0 Å². The number of carbonyl (C=O) groups excluding carboxylic acids is 2. The summed E-state index contributed by atoms with van der Waals surface area (Å²) in [5.74, 6) is -0.0862. The predicted molar refractivity (Wildman–Crippen MR) is 104 cm³/mol. The van der Waals surface area contributed by atoms with E-state index < -0.39 is 30.0 Å². The quantitative estimate of drug-likeness (QED) is 0.655. The Bertz CT molecular complexity index is 1020. The molecule has 2 aromatic heterocycles. The van der Waals surface area contributed by atoms with Crippen LogP contribution in [0.5, 0.6) is 0 Å². The first kappa shape index (κ1) is 23.8. The average Bonchev–Trinajstić information content (AvgIpc) is 3.18. The van der Waals surface area contributed by atoms with Crippen molar-refractivity contribution in [3.05, 3.63) is 36.8 Å². The summed E-state index contributed by atoms with van der Waals surface area (Å²) in [6.45, 7) is -0.212.